The molecule has 0 atom stereocenters. The molecule has 0 saturated carbocycles. The second-order valence-corrected chi connectivity index (χ2v) is 7.35. The highest BCUT2D eigenvalue weighted by Gasteiger charge is 2.19. The first-order chi connectivity index (χ1) is 10.3. The molecule has 1 amide bonds. The normalized spacial score (nSPS) is 11.2. The van der Waals surface area contributed by atoms with E-state index < -0.39 is 15.9 Å². The average Bonchev–Trinajstić information content (AvgIpc) is 2.83. The van der Waals surface area contributed by atoms with Crippen molar-refractivity contribution in [2.45, 2.75) is 18.1 Å². The number of carbonyl (C=O) groups is 1. The van der Waals surface area contributed by atoms with Gasteiger partial charge in [-0.15, -0.1) is 11.3 Å². The molecule has 0 radical (unpaired) electrons. The fourth-order valence-electron chi connectivity index (χ4n) is 1.85. The Bertz CT molecular complexity index is 797. The van der Waals surface area contributed by atoms with Gasteiger partial charge in [-0.25, -0.2) is 13.6 Å². The first kappa shape index (κ1) is 16.5. The molecular weight excluding hydrogens is 324 g/mol. The number of benzene rings is 1. The minimum absolute atomic E-state index is 0.0340. The summed E-state index contributed by atoms with van der Waals surface area (Å²) in [5.41, 5.74) is 1.08. The van der Waals surface area contributed by atoms with Crippen LogP contribution in [0.5, 0.6) is 5.75 Å². The topological polar surface area (TPSA) is 98.5 Å². The molecular formula is C14H16N2O4S2. The summed E-state index contributed by atoms with van der Waals surface area (Å²) in [4.78, 5) is 12.6. The number of anilines is 1. The molecule has 0 aliphatic carbocycles. The van der Waals surface area contributed by atoms with Gasteiger partial charge in [0.2, 0.25) is 10.0 Å². The summed E-state index contributed by atoms with van der Waals surface area (Å²) in [6.45, 7) is 3.98. The number of amides is 1. The first-order valence-corrected chi connectivity index (χ1v) is 8.85. The first-order valence-electron chi connectivity index (χ1n) is 6.49. The number of para-hydroxylation sites is 2. The van der Waals surface area contributed by atoms with E-state index in [4.69, 9.17) is 9.88 Å². The number of carbonyl (C=O) groups excluding carboxylic acids is 1. The van der Waals surface area contributed by atoms with Crippen molar-refractivity contribution < 1.29 is 17.9 Å². The molecule has 0 spiro atoms. The summed E-state index contributed by atoms with van der Waals surface area (Å²) in [6.07, 6.45) is 0. The van der Waals surface area contributed by atoms with Gasteiger partial charge in [0.15, 0.2) is 0 Å². The van der Waals surface area contributed by atoms with Gasteiger partial charge < -0.3 is 10.1 Å². The maximum absolute atomic E-state index is 12.3. The number of nitrogens with one attached hydrogen (secondary N) is 1. The van der Waals surface area contributed by atoms with Gasteiger partial charge in [0.05, 0.1) is 17.2 Å². The van der Waals surface area contributed by atoms with E-state index in [-0.39, 0.29) is 4.21 Å². The Kier molecular flexibility index (Phi) is 4.84. The van der Waals surface area contributed by atoms with E-state index in [9.17, 15) is 13.2 Å². The van der Waals surface area contributed by atoms with Crippen LogP contribution in [-0.4, -0.2) is 20.9 Å². The Morgan fingerprint density at radius 2 is 2.05 bits per heavy atom. The average molecular weight is 340 g/mol. The lowest BCUT2D eigenvalue weighted by Crippen LogP contribution is -2.12. The molecule has 6 nitrogen and oxygen atoms in total. The van der Waals surface area contributed by atoms with Crippen molar-refractivity contribution in [2.24, 2.45) is 5.14 Å². The predicted molar refractivity (Wildman–Crippen MR) is 86.0 cm³/mol. The van der Waals surface area contributed by atoms with E-state index in [0.29, 0.717) is 28.5 Å². The van der Waals surface area contributed by atoms with Crippen LogP contribution in [0, 0.1) is 6.92 Å². The molecule has 2 aromatic rings. The maximum Gasteiger partial charge on any atom is 0.266 e. The van der Waals surface area contributed by atoms with Gasteiger partial charge >= 0.3 is 0 Å². The van der Waals surface area contributed by atoms with Crippen molar-refractivity contribution in [3.8, 4) is 5.75 Å². The molecule has 118 valence electrons. The number of thiophene rings is 1. The minimum Gasteiger partial charge on any atom is -0.492 e. The third kappa shape index (κ3) is 3.65. The van der Waals surface area contributed by atoms with Gasteiger partial charge in [0.1, 0.15) is 9.96 Å². The Morgan fingerprint density at radius 3 is 2.64 bits per heavy atom. The highest BCUT2D eigenvalue weighted by Crippen LogP contribution is 2.28. The Hall–Kier alpha value is -1.90. The second kappa shape index (κ2) is 6.47. The fraction of sp³-hybridized carbons (Fsp3) is 0.214. The third-order valence-electron chi connectivity index (χ3n) is 2.82. The highest BCUT2D eigenvalue weighted by atomic mass is 32.2. The summed E-state index contributed by atoms with van der Waals surface area (Å²) in [5, 5.41) is 7.81. The second-order valence-electron chi connectivity index (χ2n) is 4.51. The molecule has 1 heterocycles. The predicted octanol–water partition coefficient (Wildman–Crippen LogP) is 2.35. The lowest BCUT2D eigenvalue weighted by Gasteiger charge is -2.10. The van der Waals surface area contributed by atoms with Crippen LogP contribution >= 0.6 is 11.3 Å². The molecule has 2 rings (SSSR count). The Morgan fingerprint density at radius 1 is 1.36 bits per heavy atom. The van der Waals surface area contributed by atoms with Crippen LogP contribution in [0.15, 0.2) is 34.5 Å². The molecule has 0 aliphatic heterocycles. The van der Waals surface area contributed by atoms with Crippen LogP contribution in [0.2, 0.25) is 0 Å². The molecule has 0 saturated heterocycles. The lowest BCUT2D eigenvalue weighted by molar-refractivity contribution is 0.102. The summed E-state index contributed by atoms with van der Waals surface area (Å²) >= 11 is 0.847. The molecule has 3 N–H and O–H groups in total. The van der Waals surface area contributed by atoms with Gasteiger partial charge in [-0.1, -0.05) is 12.1 Å². The van der Waals surface area contributed by atoms with Crippen LogP contribution in [0.3, 0.4) is 0 Å². The van der Waals surface area contributed by atoms with Gasteiger partial charge in [-0.05, 0) is 37.6 Å². The molecule has 1 aromatic heterocycles. The summed E-state index contributed by atoms with van der Waals surface area (Å²) in [6, 6.07) is 8.43. The largest absolute Gasteiger partial charge is 0.492 e. The SMILES string of the molecule is CCOc1ccccc1NC(=O)c1sc(S(N)(=O)=O)cc1C. The summed E-state index contributed by atoms with van der Waals surface area (Å²) in [5.74, 6) is 0.156. The zero-order chi connectivity index (χ0) is 16.3. The molecule has 1 aromatic carbocycles. The number of rotatable bonds is 5. The fourth-order valence-corrected chi connectivity index (χ4v) is 3.71. The number of hydrogen-bond acceptors (Lipinski definition) is 5. The van der Waals surface area contributed by atoms with Crippen molar-refractivity contribution >= 4 is 33.0 Å². The van der Waals surface area contributed by atoms with Crippen molar-refractivity contribution in [3.63, 3.8) is 0 Å². The zero-order valence-corrected chi connectivity index (χ0v) is 13.8. The number of aryl methyl sites for hydroxylation is 1. The van der Waals surface area contributed by atoms with E-state index in [0.717, 1.165) is 11.3 Å². The molecule has 22 heavy (non-hydrogen) atoms. The van der Waals surface area contributed by atoms with Crippen LogP contribution in [0.25, 0.3) is 0 Å². The number of hydrogen-bond donors (Lipinski definition) is 2. The summed E-state index contributed by atoms with van der Waals surface area (Å²) in [7, 11) is -3.81. The Labute approximate surface area is 133 Å². The van der Waals surface area contributed by atoms with Crippen molar-refractivity contribution in [3.05, 3.63) is 40.8 Å². The number of nitrogens with two attached hydrogens (primary N) is 1. The van der Waals surface area contributed by atoms with Crippen molar-refractivity contribution in [1.29, 1.82) is 0 Å². The zero-order valence-electron chi connectivity index (χ0n) is 12.1. The van der Waals surface area contributed by atoms with Gasteiger partial charge in [-0.3, -0.25) is 4.79 Å². The van der Waals surface area contributed by atoms with Gasteiger partial charge in [0, 0.05) is 0 Å². The van der Waals surface area contributed by atoms with E-state index in [2.05, 4.69) is 5.32 Å². The van der Waals surface area contributed by atoms with Gasteiger partial charge in [-0.2, -0.15) is 0 Å². The van der Waals surface area contributed by atoms with E-state index in [1.165, 1.54) is 6.07 Å². The molecule has 0 bridgehead atoms. The molecule has 8 heteroatoms. The molecule has 0 aliphatic rings. The van der Waals surface area contributed by atoms with Crippen LogP contribution in [0.1, 0.15) is 22.2 Å². The lowest BCUT2D eigenvalue weighted by atomic mass is 10.2. The van der Waals surface area contributed by atoms with Gasteiger partial charge in [0.25, 0.3) is 5.91 Å². The Balaban J connectivity index is 2.29. The number of sulfonamides is 1. The van der Waals surface area contributed by atoms with Crippen LogP contribution < -0.4 is 15.2 Å². The molecule has 0 unspecified atom stereocenters. The number of ether oxygens (including phenoxy) is 1. The smallest absolute Gasteiger partial charge is 0.266 e. The van der Waals surface area contributed by atoms with Crippen molar-refractivity contribution in [2.75, 3.05) is 11.9 Å². The number of primary sulfonamides is 1. The van der Waals surface area contributed by atoms with E-state index >= 15 is 0 Å². The maximum atomic E-state index is 12.3. The monoisotopic (exact) mass is 340 g/mol. The summed E-state index contributed by atoms with van der Waals surface area (Å²) < 4.78 is 28.1. The van der Waals surface area contributed by atoms with E-state index in [1.54, 1.807) is 31.2 Å². The third-order valence-corrected chi connectivity index (χ3v) is 5.47. The standard InChI is InChI=1S/C14H16N2O4S2/c1-3-20-11-7-5-4-6-10(11)16-14(17)13-9(2)8-12(21-13)22(15,18)19/h4-8H,3H2,1-2H3,(H,16,17)(H2,15,18,19). The van der Waals surface area contributed by atoms with Crippen LogP contribution in [0.4, 0.5) is 5.69 Å². The highest BCUT2D eigenvalue weighted by molar-refractivity contribution is 7.91. The minimum atomic E-state index is -3.81. The molecule has 0 fully saturated rings. The van der Waals surface area contributed by atoms with E-state index in [1.807, 2.05) is 6.92 Å². The quantitative estimate of drug-likeness (QED) is 0.873. The van der Waals surface area contributed by atoms with Crippen molar-refractivity contribution in [1.82, 2.24) is 0 Å². The van der Waals surface area contributed by atoms with Crippen LogP contribution in [-0.2, 0) is 10.0 Å².